The topological polar surface area (TPSA) is 21.3 Å². The van der Waals surface area contributed by atoms with Gasteiger partial charge in [0.15, 0.2) is 0 Å². The van der Waals surface area contributed by atoms with E-state index in [1.807, 2.05) is 24.3 Å². The molecule has 0 spiro atoms. The number of rotatable bonds is 6. The summed E-state index contributed by atoms with van der Waals surface area (Å²) in [6.07, 6.45) is 0. The first-order chi connectivity index (χ1) is 10.1. The van der Waals surface area contributed by atoms with E-state index in [9.17, 15) is 0 Å². The first kappa shape index (κ1) is 15.9. The highest BCUT2D eigenvalue weighted by Crippen LogP contribution is 2.25. The van der Waals surface area contributed by atoms with Crippen LogP contribution >= 0.6 is 11.6 Å². The van der Waals surface area contributed by atoms with Crippen LogP contribution in [0, 0.1) is 13.8 Å². The number of hydrogen-bond donors (Lipinski definition) is 1. The maximum Gasteiger partial charge on any atom is 0.137 e. The average Bonchev–Trinajstić information content (AvgIpc) is 2.44. The molecule has 0 heterocycles. The summed E-state index contributed by atoms with van der Waals surface area (Å²) in [5, 5.41) is 4.12. The molecule has 0 amide bonds. The van der Waals surface area contributed by atoms with Gasteiger partial charge in [-0.05, 0) is 38.1 Å². The zero-order valence-corrected chi connectivity index (χ0v) is 13.6. The molecule has 2 aromatic carbocycles. The fourth-order valence-corrected chi connectivity index (χ4v) is 2.66. The lowest BCUT2D eigenvalue weighted by Crippen LogP contribution is -2.26. The lowest BCUT2D eigenvalue weighted by Gasteiger charge is -2.20. The normalized spacial score (nSPS) is 12.2. The van der Waals surface area contributed by atoms with Gasteiger partial charge in [0.1, 0.15) is 12.4 Å². The van der Waals surface area contributed by atoms with E-state index in [0.717, 1.165) is 12.3 Å². The molecular weight excluding hydrogens is 282 g/mol. The van der Waals surface area contributed by atoms with E-state index in [0.29, 0.717) is 11.6 Å². The van der Waals surface area contributed by atoms with E-state index >= 15 is 0 Å². The molecule has 0 saturated carbocycles. The Kier molecular flexibility index (Phi) is 5.66. The van der Waals surface area contributed by atoms with Crippen LogP contribution in [0.2, 0.25) is 5.02 Å². The molecule has 2 rings (SSSR count). The van der Waals surface area contributed by atoms with Crippen molar-refractivity contribution >= 4 is 11.6 Å². The lowest BCUT2D eigenvalue weighted by atomic mass is 10.0. The molecule has 0 aliphatic rings. The van der Waals surface area contributed by atoms with Crippen molar-refractivity contribution in [1.82, 2.24) is 5.32 Å². The van der Waals surface area contributed by atoms with Crippen molar-refractivity contribution in [3.8, 4) is 5.75 Å². The third-order valence-corrected chi connectivity index (χ3v) is 3.65. The molecule has 1 atom stereocenters. The predicted molar refractivity (Wildman–Crippen MR) is 89.3 cm³/mol. The van der Waals surface area contributed by atoms with E-state index in [-0.39, 0.29) is 6.04 Å². The van der Waals surface area contributed by atoms with Gasteiger partial charge >= 0.3 is 0 Å². The van der Waals surface area contributed by atoms with Crippen LogP contribution in [0.15, 0.2) is 42.5 Å². The molecule has 2 aromatic rings. The van der Waals surface area contributed by atoms with Crippen molar-refractivity contribution in [2.24, 2.45) is 0 Å². The number of benzene rings is 2. The van der Waals surface area contributed by atoms with E-state index < -0.39 is 0 Å². The van der Waals surface area contributed by atoms with E-state index in [1.54, 1.807) is 0 Å². The molecule has 21 heavy (non-hydrogen) atoms. The van der Waals surface area contributed by atoms with E-state index in [2.05, 4.69) is 44.3 Å². The molecular formula is C18H22ClNO. The smallest absolute Gasteiger partial charge is 0.137 e. The molecule has 0 bridgehead atoms. The van der Waals surface area contributed by atoms with Crippen LogP contribution in [0.4, 0.5) is 0 Å². The van der Waals surface area contributed by atoms with Gasteiger partial charge < -0.3 is 10.1 Å². The summed E-state index contributed by atoms with van der Waals surface area (Å²) in [5.74, 6) is 0.728. The van der Waals surface area contributed by atoms with E-state index in [1.165, 1.54) is 16.7 Å². The van der Waals surface area contributed by atoms with Crippen molar-refractivity contribution in [2.45, 2.75) is 26.8 Å². The monoisotopic (exact) mass is 303 g/mol. The van der Waals surface area contributed by atoms with Gasteiger partial charge in [-0.15, -0.1) is 0 Å². The number of para-hydroxylation sites is 1. The first-order valence-corrected chi connectivity index (χ1v) is 7.67. The molecule has 0 fully saturated rings. The maximum absolute atomic E-state index is 6.14. The Morgan fingerprint density at radius 3 is 2.38 bits per heavy atom. The van der Waals surface area contributed by atoms with Crippen LogP contribution in [0.1, 0.15) is 29.7 Å². The van der Waals surface area contributed by atoms with Crippen LogP contribution in [-0.4, -0.2) is 13.2 Å². The van der Waals surface area contributed by atoms with Crippen LogP contribution in [-0.2, 0) is 0 Å². The summed E-state index contributed by atoms with van der Waals surface area (Å²) in [4.78, 5) is 0. The Morgan fingerprint density at radius 1 is 1.10 bits per heavy atom. The van der Waals surface area contributed by atoms with Crippen LogP contribution < -0.4 is 10.1 Å². The minimum absolute atomic E-state index is 0.157. The number of hydrogen-bond acceptors (Lipinski definition) is 2. The summed E-state index contributed by atoms with van der Waals surface area (Å²) < 4.78 is 5.89. The van der Waals surface area contributed by atoms with Crippen molar-refractivity contribution in [2.75, 3.05) is 13.2 Å². The second-order valence-corrected chi connectivity index (χ2v) is 5.68. The van der Waals surface area contributed by atoms with Gasteiger partial charge in [0.25, 0.3) is 0 Å². The van der Waals surface area contributed by atoms with Gasteiger partial charge in [-0.1, -0.05) is 60.0 Å². The number of aryl methyl sites for hydroxylation is 2. The highest BCUT2D eigenvalue weighted by Gasteiger charge is 2.13. The van der Waals surface area contributed by atoms with E-state index in [4.69, 9.17) is 16.3 Å². The minimum Gasteiger partial charge on any atom is -0.490 e. The lowest BCUT2D eigenvalue weighted by molar-refractivity contribution is 0.268. The number of nitrogens with one attached hydrogen (secondary N) is 1. The molecule has 0 aliphatic carbocycles. The summed E-state index contributed by atoms with van der Waals surface area (Å²) in [7, 11) is 0. The zero-order valence-electron chi connectivity index (χ0n) is 12.8. The number of halogens is 1. The quantitative estimate of drug-likeness (QED) is 0.836. The summed E-state index contributed by atoms with van der Waals surface area (Å²) in [5.41, 5.74) is 3.79. The Balaban J connectivity index is 2.14. The average molecular weight is 304 g/mol. The van der Waals surface area contributed by atoms with Gasteiger partial charge in [-0.25, -0.2) is 0 Å². The molecule has 1 N–H and O–H groups in total. The van der Waals surface area contributed by atoms with Crippen LogP contribution in [0.5, 0.6) is 5.75 Å². The second kappa shape index (κ2) is 7.48. The van der Waals surface area contributed by atoms with Gasteiger partial charge in [0.2, 0.25) is 0 Å². The Labute approximate surface area is 132 Å². The highest BCUT2D eigenvalue weighted by atomic mass is 35.5. The SMILES string of the molecule is CCNC(COc1ccccc1Cl)c1cc(C)cc(C)c1. The van der Waals surface area contributed by atoms with Crippen LogP contribution in [0.25, 0.3) is 0 Å². The highest BCUT2D eigenvalue weighted by molar-refractivity contribution is 6.32. The molecule has 0 aromatic heterocycles. The van der Waals surface area contributed by atoms with Crippen molar-refractivity contribution in [3.63, 3.8) is 0 Å². The Morgan fingerprint density at radius 2 is 1.76 bits per heavy atom. The number of likely N-dealkylation sites (N-methyl/N-ethyl adjacent to an activating group) is 1. The first-order valence-electron chi connectivity index (χ1n) is 7.29. The molecule has 1 unspecified atom stereocenters. The summed E-state index contributed by atoms with van der Waals surface area (Å²) in [6.45, 7) is 7.79. The largest absolute Gasteiger partial charge is 0.490 e. The molecule has 0 saturated heterocycles. The Hall–Kier alpha value is -1.51. The number of ether oxygens (including phenoxy) is 1. The van der Waals surface area contributed by atoms with Gasteiger partial charge in [0.05, 0.1) is 11.1 Å². The minimum atomic E-state index is 0.157. The molecule has 2 nitrogen and oxygen atoms in total. The molecule has 0 radical (unpaired) electrons. The second-order valence-electron chi connectivity index (χ2n) is 5.27. The Bertz CT molecular complexity index is 577. The van der Waals surface area contributed by atoms with Gasteiger partial charge in [0, 0.05) is 0 Å². The fraction of sp³-hybridized carbons (Fsp3) is 0.333. The molecule has 0 aliphatic heterocycles. The zero-order chi connectivity index (χ0) is 15.2. The third-order valence-electron chi connectivity index (χ3n) is 3.34. The van der Waals surface area contributed by atoms with Crippen molar-refractivity contribution < 1.29 is 4.74 Å². The third kappa shape index (κ3) is 4.48. The van der Waals surface area contributed by atoms with Crippen molar-refractivity contribution in [1.29, 1.82) is 0 Å². The molecule has 3 heteroatoms. The standard InChI is InChI=1S/C18H22ClNO/c1-4-20-17(15-10-13(2)9-14(3)11-15)12-21-18-8-6-5-7-16(18)19/h5-11,17,20H,4,12H2,1-3H3. The summed E-state index contributed by atoms with van der Waals surface area (Å²) in [6, 6.07) is 14.3. The molecule has 112 valence electrons. The van der Waals surface area contributed by atoms with Crippen LogP contribution in [0.3, 0.4) is 0 Å². The van der Waals surface area contributed by atoms with Gasteiger partial charge in [-0.3, -0.25) is 0 Å². The maximum atomic E-state index is 6.14. The predicted octanol–water partition coefficient (Wildman–Crippen LogP) is 4.69. The summed E-state index contributed by atoms with van der Waals surface area (Å²) >= 11 is 6.14. The van der Waals surface area contributed by atoms with Crippen molar-refractivity contribution in [3.05, 3.63) is 64.2 Å². The fourth-order valence-electron chi connectivity index (χ4n) is 2.47. The van der Waals surface area contributed by atoms with Gasteiger partial charge in [-0.2, -0.15) is 0 Å².